The molecule has 0 unspecified atom stereocenters. The highest BCUT2D eigenvalue weighted by Gasteiger charge is 2.02. The molecule has 0 spiro atoms. The molecular weight excluding hydrogens is 169 g/mol. The Bertz CT molecular complexity index is 276. The number of nitrogens with zero attached hydrogens (tertiary/aromatic N) is 1. The van der Waals surface area contributed by atoms with Crippen LogP contribution in [0, 0.1) is 12.9 Å². The van der Waals surface area contributed by atoms with Gasteiger partial charge in [0.1, 0.15) is 0 Å². The van der Waals surface area contributed by atoms with Crippen molar-refractivity contribution in [2.24, 2.45) is 0 Å². The maximum atomic E-state index is 12.7. The van der Waals surface area contributed by atoms with E-state index in [1.54, 1.807) is 6.07 Å². The largest absolute Gasteiger partial charge is 0.477 e. The molecule has 0 fully saturated rings. The first-order valence-electron chi connectivity index (χ1n) is 4.50. The SMILES string of the molecule is CCCCOc1nc(F)ccc1C. The number of aromatic nitrogens is 1. The van der Waals surface area contributed by atoms with Crippen LogP contribution in [0.25, 0.3) is 0 Å². The highest BCUT2D eigenvalue weighted by atomic mass is 19.1. The average Bonchev–Trinajstić information content (AvgIpc) is 2.11. The summed E-state index contributed by atoms with van der Waals surface area (Å²) >= 11 is 0. The summed E-state index contributed by atoms with van der Waals surface area (Å²) in [6, 6.07) is 3.01. The summed E-state index contributed by atoms with van der Waals surface area (Å²) in [7, 11) is 0. The Kier molecular flexibility index (Phi) is 3.68. The Labute approximate surface area is 77.8 Å². The zero-order valence-electron chi connectivity index (χ0n) is 8.01. The van der Waals surface area contributed by atoms with Crippen LogP contribution in [0.4, 0.5) is 4.39 Å². The Morgan fingerprint density at radius 3 is 2.92 bits per heavy atom. The van der Waals surface area contributed by atoms with Gasteiger partial charge < -0.3 is 4.74 Å². The van der Waals surface area contributed by atoms with Crippen LogP contribution in [0.2, 0.25) is 0 Å². The molecule has 0 bridgehead atoms. The van der Waals surface area contributed by atoms with Crippen LogP contribution in [0.3, 0.4) is 0 Å². The molecule has 1 aromatic rings. The monoisotopic (exact) mass is 183 g/mol. The van der Waals surface area contributed by atoms with Crippen molar-refractivity contribution >= 4 is 0 Å². The van der Waals surface area contributed by atoms with Crippen LogP contribution < -0.4 is 4.74 Å². The highest BCUT2D eigenvalue weighted by Crippen LogP contribution is 2.14. The fourth-order valence-electron chi connectivity index (χ4n) is 0.947. The van der Waals surface area contributed by atoms with E-state index in [9.17, 15) is 4.39 Å². The van der Waals surface area contributed by atoms with Crippen molar-refractivity contribution in [1.29, 1.82) is 0 Å². The van der Waals surface area contributed by atoms with Gasteiger partial charge in [-0.05, 0) is 25.5 Å². The van der Waals surface area contributed by atoms with Gasteiger partial charge in [-0.2, -0.15) is 9.37 Å². The molecule has 1 aromatic heterocycles. The van der Waals surface area contributed by atoms with Crippen molar-refractivity contribution in [3.8, 4) is 5.88 Å². The van der Waals surface area contributed by atoms with E-state index in [1.165, 1.54) is 6.07 Å². The highest BCUT2D eigenvalue weighted by molar-refractivity contribution is 5.23. The standard InChI is InChI=1S/C10H14FNO/c1-3-4-7-13-10-8(2)5-6-9(11)12-10/h5-6H,3-4,7H2,1-2H3. The van der Waals surface area contributed by atoms with E-state index in [2.05, 4.69) is 11.9 Å². The number of hydrogen-bond acceptors (Lipinski definition) is 2. The first kappa shape index (κ1) is 9.96. The van der Waals surface area contributed by atoms with Gasteiger partial charge in [-0.3, -0.25) is 0 Å². The molecular formula is C10H14FNO. The zero-order valence-corrected chi connectivity index (χ0v) is 8.01. The van der Waals surface area contributed by atoms with Gasteiger partial charge in [-0.15, -0.1) is 0 Å². The van der Waals surface area contributed by atoms with Crippen molar-refractivity contribution in [1.82, 2.24) is 4.98 Å². The van der Waals surface area contributed by atoms with E-state index in [1.807, 2.05) is 6.92 Å². The molecule has 0 saturated heterocycles. The van der Waals surface area contributed by atoms with Crippen LogP contribution in [-0.2, 0) is 0 Å². The molecule has 1 rings (SSSR count). The van der Waals surface area contributed by atoms with E-state index in [-0.39, 0.29) is 0 Å². The molecule has 1 heterocycles. The Morgan fingerprint density at radius 1 is 1.46 bits per heavy atom. The Morgan fingerprint density at radius 2 is 2.23 bits per heavy atom. The number of rotatable bonds is 4. The lowest BCUT2D eigenvalue weighted by atomic mass is 10.3. The molecule has 0 saturated carbocycles. The molecule has 0 N–H and O–H groups in total. The summed E-state index contributed by atoms with van der Waals surface area (Å²) in [5.41, 5.74) is 0.873. The second-order valence-corrected chi connectivity index (χ2v) is 2.96. The fourth-order valence-corrected chi connectivity index (χ4v) is 0.947. The van der Waals surface area contributed by atoms with Gasteiger partial charge in [0.05, 0.1) is 6.61 Å². The van der Waals surface area contributed by atoms with Gasteiger partial charge in [0, 0.05) is 5.56 Å². The van der Waals surface area contributed by atoms with Crippen molar-refractivity contribution in [2.45, 2.75) is 26.7 Å². The molecule has 2 nitrogen and oxygen atoms in total. The normalized spacial score (nSPS) is 10.1. The van der Waals surface area contributed by atoms with Crippen molar-refractivity contribution < 1.29 is 9.13 Å². The number of hydrogen-bond donors (Lipinski definition) is 0. The first-order valence-corrected chi connectivity index (χ1v) is 4.50. The summed E-state index contributed by atoms with van der Waals surface area (Å²) in [5.74, 6) is -0.0782. The number of ether oxygens (including phenoxy) is 1. The second kappa shape index (κ2) is 4.80. The maximum absolute atomic E-state index is 12.7. The van der Waals surface area contributed by atoms with Crippen molar-refractivity contribution in [3.05, 3.63) is 23.6 Å². The summed E-state index contributed by atoms with van der Waals surface area (Å²) in [4.78, 5) is 3.66. The van der Waals surface area contributed by atoms with Crippen LogP contribution in [-0.4, -0.2) is 11.6 Å². The predicted molar refractivity (Wildman–Crippen MR) is 49.3 cm³/mol. The lowest BCUT2D eigenvalue weighted by Gasteiger charge is -2.06. The van der Waals surface area contributed by atoms with Crippen LogP contribution in [0.1, 0.15) is 25.3 Å². The van der Waals surface area contributed by atoms with E-state index < -0.39 is 5.95 Å². The molecule has 0 atom stereocenters. The lowest BCUT2D eigenvalue weighted by molar-refractivity contribution is 0.291. The molecule has 0 aliphatic carbocycles. The van der Waals surface area contributed by atoms with Crippen LogP contribution >= 0.6 is 0 Å². The predicted octanol–water partition coefficient (Wildman–Crippen LogP) is 2.71. The molecule has 0 aliphatic heterocycles. The van der Waals surface area contributed by atoms with Crippen LogP contribution in [0.15, 0.2) is 12.1 Å². The molecule has 13 heavy (non-hydrogen) atoms. The summed E-state index contributed by atoms with van der Waals surface area (Å²) in [6.07, 6.45) is 2.03. The third-order valence-corrected chi connectivity index (χ3v) is 1.75. The molecule has 0 aromatic carbocycles. The summed E-state index contributed by atoms with van der Waals surface area (Å²) < 4.78 is 18.0. The maximum Gasteiger partial charge on any atom is 0.218 e. The number of pyridine rings is 1. The van der Waals surface area contributed by atoms with Gasteiger partial charge >= 0.3 is 0 Å². The smallest absolute Gasteiger partial charge is 0.218 e. The van der Waals surface area contributed by atoms with Gasteiger partial charge in [-0.25, -0.2) is 0 Å². The number of unbranched alkanes of at least 4 members (excludes halogenated alkanes) is 1. The van der Waals surface area contributed by atoms with Crippen molar-refractivity contribution in [2.75, 3.05) is 6.61 Å². The van der Waals surface area contributed by atoms with Gasteiger partial charge in [0.25, 0.3) is 0 Å². The van der Waals surface area contributed by atoms with E-state index >= 15 is 0 Å². The summed E-state index contributed by atoms with van der Waals surface area (Å²) in [5, 5.41) is 0. The average molecular weight is 183 g/mol. The fraction of sp³-hybridized carbons (Fsp3) is 0.500. The van der Waals surface area contributed by atoms with Gasteiger partial charge in [0.15, 0.2) is 0 Å². The quantitative estimate of drug-likeness (QED) is 0.529. The molecule has 0 aliphatic rings. The molecule has 0 radical (unpaired) electrons. The molecule has 3 heteroatoms. The van der Waals surface area contributed by atoms with Gasteiger partial charge in [0.2, 0.25) is 11.8 Å². The Hall–Kier alpha value is -1.12. The van der Waals surface area contributed by atoms with E-state index in [0.29, 0.717) is 12.5 Å². The zero-order chi connectivity index (χ0) is 9.68. The number of aryl methyl sites for hydroxylation is 1. The topological polar surface area (TPSA) is 22.1 Å². The van der Waals surface area contributed by atoms with Gasteiger partial charge in [-0.1, -0.05) is 13.3 Å². The number of halogens is 1. The van der Waals surface area contributed by atoms with Crippen LogP contribution in [0.5, 0.6) is 5.88 Å². The minimum absolute atomic E-state index is 0.411. The molecule has 0 amide bonds. The lowest BCUT2D eigenvalue weighted by Crippen LogP contribution is -2.01. The third kappa shape index (κ3) is 3.01. The minimum Gasteiger partial charge on any atom is -0.477 e. The van der Waals surface area contributed by atoms with Crippen molar-refractivity contribution in [3.63, 3.8) is 0 Å². The summed E-state index contributed by atoms with van der Waals surface area (Å²) in [6.45, 7) is 4.54. The van der Waals surface area contributed by atoms with E-state index in [4.69, 9.17) is 4.74 Å². The molecule has 72 valence electrons. The first-order chi connectivity index (χ1) is 6.24. The van der Waals surface area contributed by atoms with E-state index in [0.717, 1.165) is 18.4 Å². The third-order valence-electron chi connectivity index (χ3n) is 1.75. The minimum atomic E-state index is -0.489. The Balaban J connectivity index is 2.59. The second-order valence-electron chi connectivity index (χ2n) is 2.96.